The van der Waals surface area contributed by atoms with Gasteiger partial charge in [-0.15, -0.1) is 0 Å². The number of hydrogen-bond donors (Lipinski definition) is 0. The van der Waals surface area contributed by atoms with Crippen molar-refractivity contribution in [2.45, 2.75) is 26.3 Å². The summed E-state index contributed by atoms with van der Waals surface area (Å²) < 4.78 is 0. The second kappa shape index (κ2) is 6.23. The van der Waals surface area contributed by atoms with Crippen molar-refractivity contribution in [2.75, 3.05) is 27.2 Å². The Bertz CT molecular complexity index is 502. The fourth-order valence-electron chi connectivity index (χ4n) is 2.72. The number of nitrogens with zero attached hydrogens (tertiary/aromatic N) is 2. The van der Waals surface area contributed by atoms with Crippen molar-refractivity contribution in [1.82, 2.24) is 9.80 Å². The van der Waals surface area contributed by atoms with Crippen LogP contribution in [0.1, 0.15) is 36.2 Å². The SMILES string of the molecule is CCN1CCC(c2ccc(C(=O)N(C)C)cc2)=CC1C. The van der Waals surface area contributed by atoms with Crippen LogP contribution < -0.4 is 0 Å². The summed E-state index contributed by atoms with van der Waals surface area (Å²) >= 11 is 0. The Kier molecular flexibility index (Phi) is 4.61. The molecule has 1 amide bonds. The molecule has 20 heavy (non-hydrogen) atoms. The van der Waals surface area contributed by atoms with Gasteiger partial charge in [-0.05, 0) is 43.2 Å². The Morgan fingerprint density at radius 2 is 1.95 bits per heavy atom. The molecule has 0 saturated carbocycles. The van der Waals surface area contributed by atoms with Crippen molar-refractivity contribution >= 4 is 11.5 Å². The van der Waals surface area contributed by atoms with Gasteiger partial charge >= 0.3 is 0 Å². The lowest BCUT2D eigenvalue weighted by Crippen LogP contribution is -2.35. The molecule has 0 spiro atoms. The predicted octanol–water partition coefficient (Wildman–Crippen LogP) is 2.89. The number of carbonyl (C=O) groups is 1. The molecule has 1 aliphatic heterocycles. The van der Waals surface area contributed by atoms with Crippen molar-refractivity contribution in [1.29, 1.82) is 0 Å². The highest BCUT2D eigenvalue weighted by atomic mass is 16.2. The molecule has 0 fully saturated rings. The van der Waals surface area contributed by atoms with Crippen molar-refractivity contribution in [3.05, 3.63) is 41.5 Å². The number of carbonyl (C=O) groups excluding carboxylic acids is 1. The Morgan fingerprint density at radius 1 is 1.30 bits per heavy atom. The topological polar surface area (TPSA) is 23.6 Å². The average Bonchev–Trinajstić information content (AvgIpc) is 2.46. The first kappa shape index (κ1) is 14.8. The van der Waals surface area contributed by atoms with Crippen LogP contribution in [0.2, 0.25) is 0 Å². The van der Waals surface area contributed by atoms with Gasteiger partial charge in [0.05, 0.1) is 0 Å². The molecule has 0 radical (unpaired) electrons. The summed E-state index contributed by atoms with van der Waals surface area (Å²) in [6, 6.07) is 8.48. The summed E-state index contributed by atoms with van der Waals surface area (Å²) in [5, 5.41) is 0. The number of likely N-dealkylation sites (N-methyl/N-ethyl adjacent to an activating group) is 1. The summed E-state index contributed by atoms with van der Waals surface area (Å²) in [5.74, 6) is 0.0553. The molecule has 3 nitrogen and oxygen atoms in total. The van der Waals surface area contributed by atoms with E-state index < -0.39 is 0 Å². The number of rotatable bonds is 3. The van der Waals surface area contributed by atoms with Gasteiger partial charge in [-0.25, -0.2) is 0 Å². The van der Waals surface area contributed by atoms with Crippen LogP contribution in [0.25, 0.3) is 5.57 Å². The van der Waals surface area contributed by atoms with E-state index in [-0.39, 0.29) is 5.91 Å². The second-order valence-electron chi connectivity index (χ2n) is 5.59. The van der Waals surface area contributed by atoms with Crippen LogP contribution in [0.15, 0.2) is 30.3 Å². The average molecular weight is 272 g/mol. The fourth-order valence-corrected chi connectivity index (χ4v) is 2.72. The van der Waals surface area contributed by atoms with Crippen molar-refractivity contribution < 1.29 is 4.79 Å². The van der Waals surface area contributed by atoms with Crippen molar-refractivity contribution in [3.63, 3.8) is 0 Å². The van der Waals surface area contributed by atoms with Crippen LogP contribution in [-0.2, 0) is 0 Å². The van der Waals surface area contributed by atoms with E-state index in [1.54, 1.807) is 19.0 Å². The quantitative estimate of drug-likeness (QED) is 0.844. The number of amides is 1. The minimum Gasteiger partial charge on any atom is -0.345 e. The van der Waals surface area contributed by atoms with Gasteiger partial charge in [-0.1, -0.05) is 25.1 Å². The van der Waals surface area contributed by atoms with Crippen LogP contribution in [0.4, 0.5) is 0 Å². The Hall–Kier alpha value is -1.61. The second-order valence-corrected chi connectivity index (χ2v) is 5.59. The maximum atomic E-state index is 11.9. The molecule has 1 aromatic rings. The lowest BCUT2D eigenvalue weighted by Gasteiger charge is -2.31. The molecule has 0 N–H and O–H groups in total. The van der Waals surface area contributed by atoms with Crippen LogP contribution in [-0.4, -0.2) is 48.9 Å². The van der Waals surface area contributed by atoms with Crippen LogP contribution >= 0.6 is 0 Å². The molecule has 108 valence electrons. The van der Waals surface area contributed by atoms with E-state index in [1.807, 2.05) is 12.1 Å². The molecule has 0 saturated heterocycles. The smallest absolute Gasteiger partial charge is 0.253 e. The summed E-state index contributed by atoms with van der Waals surface area (Å²) in [5.41, 5.74) is 3.38. The summed E-state index contributed by atoms with van der Waals surface area (Å²) in [6.45, 7) is 6.66. The maximum Gasteiger partial charge on any atom is 0.253 e. The van der Waals surface area contributed by atoms with Crippen LogP contribution in [0.3, 0.4) is 0 Å². The first-order valence-corrected chi connectivity index (χ1v) is 7.29. The third kappa shape index (κ3) is 3.10. The molecule has 2 rings (SSSR count). The van der Waals surface area contributed by atoms with Crippen molar-refractivity contribution in [2.24, 2.45) is 0 Å². The monoisotopic (exact) mass is 272 g/mol. The Labute approximate surface area is 121 Å². The van der Waals surface area contributed by atoms with Gasteiger partial charge in [0.2, 0.25) is 0 Å². The first-order chi connectivity index (χ1) is 9.52. The molecular weight excluding hydrogens is 248 g/mol. The predicted molar refractivity (Wildman–Crippen MR) is 83.8 cm³/mol. The Balaban J connectivity index is 2.17. The zero-order valence-electron chi connectivity index (χ0n) is 12.9. The number of hydrogen-bond acceptors (Lipinski definition) is 2. The summed E-state index contributed by atoms with van der Waals surface area (Å²) in [6.07, 6.45) is 3.43. The highest BCUT2D eigenvalue weighted by Gasteiger charge is 2.17. The van der Waals surface area contributed by atoms with E-state index >= 15 is 0 Å². The fraction of sp³-hybridized carbons (Fsp3) is 0.471. The molecule has 1 aromatic carbocycles. The molecule has 3 heteroatoms. The number of benzene rings is 1. The van der Waals surface area contributed by atoms with Gasteiger partial charge in [-0.2, -0.15) is 0 Å². The van der Waals surface area contributed by atoms with E-state index in [2.05, 4.69) is 37.0 Å². The van der Waals surface area contributed by atoms with E-state index in [9.17, 15) is 4.79 Å². The molecular formula is C17H24N2O. The molecule has 1 unspecified atom stereocenters. The highest BCUT2D eigenvalue weighted by Crippen LogP contribution is 2.25. The standard InChI is InChI=1S/C17H24N2O/c1-5-19-11-10-16(12-13(19)2)14-6-8-15(9-7-14)17(20)18(3)4/h6-9,12-13H,5,10-11H2,1-4H3. The lowest BCUT2D eigenvalue weighted by molar-refractivity contribution is 0.0827. The molecule has 1 heterocycles. The molecule has 0 aromatic heterocycles. The normalized spacial score (nSPS) is 19.6. The molecule has 1 aliphatic rings. The van der Waals surface area contributed by atoms with E-state index in [0.29, 0.717) is 6.04 Å². The van der Waals surface area contributed by atoms with Crippen molar-refractivity contribution in [3.8, 4) is 0 Å². The third-order valence-corrected chi connectivity index (χ3v) is 4.00. The lowest BCUT2D eigenvalue weighted by atomic mass is 9.95. The minimum absolute atomic E-state index is 0.0553. The van der Waals surface area contributed by atoms with Crippen LogP contribution in [0, 0.1) is 0 Å². The maximum absolute atomic E-state index is 11.9. The van der Waals surface area contributed by atoms with Gasteiger partial charge in [0.25, 0.3) is 5.91 Å². The van der Waals surface area contributed by atoms with Gasteiger partial charge in [-0.3, -0.25) is 9.69 Å². The highest BCUT2D eigenvalue weighted by molar-refractivity contribution is 5.94. The summed E-state index contributed by atoms with van der Waals surface area (Å²) in [7, 11) is 3.56. The first-order valence-electron chi connectivity index (χ1n) is 7.29. The minimum atomic E-state index is 0.0553. The summed E-state index contributed by atoms with van der Waals surface area (Å²) in [4.78, 5) is 15.9. The van der Waals surface area contributed by atoms with E-state index in [0.717, 1.165) is 25.1 Å². The zero-order valence-corrected chi connectivity index (χ0v) is 12.9. The molecule has 1 atom stereocenters. The van der Waals surface area contributed by atoms with Gasteiger partial charge in [0, 0.05) is 32.2 Å². The Morgan fingerprint density at radius 3 is 2.45 bits per heavy atom. The third-order valence-electron chi connectivity index (χ3n) is 4.00. The van der Waals surface area contributed by atoms with Crippen LogP contribution in [0.5, 0.6) is 0 Å². The van der Waals surface area contributed by atoms with Gasteiger partial charge in [0.1, 0.15) is 0 Å². The van der Waals surface area contributed by atoms with E-state index in [4.69, 9.17) is 0 Å². The largest absolute Gasteiger partial charge is 0.345 e. The molecule has 0 bridgehead atoms. The van der Waals surface area contributed by atoms with E-state index in [1.165, 1.54) is 11.1 Å². The van der Waals surface area contributed by atoms with Gasteiger partial charge in [0.15, 0.2) is 0 Å². The molecule has 0 aliphatic carbocycles. The van der Waals surface area contributed by atoms with Gasteiger partial charge < -0.3 is 4.90 Å². The zero-order chi connectivity index (χ0) is 14.7.